The van der Waals surface area contributed by atoms with Crippen LogP contribution in [0.2, 0.25) is 5.02 Å². The number of hydrogen-bond acceptors (Lipinski definition) is 4. The highest BCUT2D eigenvalue weighted by molar-refractivity contribution is 6.30. The van der Waals surface area contributed by atoms with Crippen molar-refractivity contribution in [3.63, 3.8) is 0 Å². The summed E-state index contributed by atoms with van der Waals surface area (Å²) in [6.45, 7) is 1.45. The van der Waals surface area contributed by atoms with Crippen molar-refractivity contribution in [3.05, 3.63) is 70.8 Å². The molecule has 3 aromatic rings. The van der Waals surface area contributed by atoms with Crippen LogP contribution in [-0.2, 0) is 14.1 Å². The molecule has 0 aliphatic carbocycles. The second-order valence-electron chi connectivity index (χ2n) is 8.28. The molecule has 0 aliphatic heterocycles. The third kappa shape index (κ3) is 6.49. The van der Waals surface area contributed by atoms with Crippen molar-refractivity contribution in [3.8, 4) is 0 Å². The van der Waals surface area contributed by atoms with Gasteiger partial charge in [0.2, 0.25) is 0 Å². The van der Waals surface area contributed by atoms with Crippen molar-refractivity contribution in [1.82, 2.24) is 19.4 Å². The number of carbonyl (C=O) groups is 3. The molecule has 2 heterocycles. The largest absolute Gasteiger partial charge is 0.351 e. The van der Waals surface area contributed by atoms with Gasteiger partial charge in [0.15, 0.2) is 0 Å². The molecule has 10 heteroatoms. The Hall–Kier alpha value is -3.56. The molecule has 3 rings (SSSR count). The van der Waals surface area contributed by atoms with Crippen molar-refractivity contribution in [2.75, 3.05) is 37.8 Å². The van der Waals surface area contributed by atoms with Crippen molar-refractivity contribution < 1.29 is 14.4 Å². The number of amides is 3. The van der Waals surface area contributed by atoms with E-state index >= 15 is 0 Å². The molecule has 180 valence electrons. The smallest absolute Gasteiger partial charge is 0.272 e. The monoisotopic (exact) mass is 484 g/mol. The fourth-order valence-electron chi connectivity index (χ4n) is 3.40. The van der Waals surface area contributed by atoms with Crippen LogP contribution in [0.3, 0.4) is 0 Å². The minimum Gasteiger partial charge on any atom is -0.351 e. The average Bonchev–Trinajstić information content (AvgIpc) is 3.33. The number of carbonyl (C=O) groups excluding carboxylic acids is 3. The molecule has 34 heavy (non-hydrogen) atoms. The van der Waals surface area contributed by atoms with Gasteiger partial charge < -0.3 is 30.0 Å². The fraction of sp³-hybridized carbons (Fsp3) is 0.292. The maximum atomic E-state index is 12.8. The predicted octanol–water partition coefficient (Wildman–Crippen LogP) is 3.20. The van der Waals surface area contributed by atoms with Gasteiger partial charge in [-0.3, -0.25) is 14.4 Å². The van der Waals surface area contributed by atoms with E-state index in [9.17, 15) is 14.4 Å². The van der Waals surface area contributed by atoms with Crippen molar-refractivity contribution >= 4 is 40.7 Å². The zero-order chi connectivity index (χ0) is 24.8. The molecular formula is C24H29ClN6O3. The Morgan fingerprint density at radius 2 is 1.38 bits per heavy atom. The summed E-state index contributed by atoms with van der Waals surface area (Å²) >= 11 is 5.86. The van der Waals surface area contributed by atoms with E-state index in [0.29, 0.717) is 39.9 Å². The van der Waals surface area contributed by atoms with Gasteiger partial charge in [0.25, 0.3) is 17.7 Å². The second kappa shape index (κ2) is 11.0. The number of rotatable bonds is 9. The number of benzene rings is 1. The maximum absolute atomic E-state index is 12.8. The molecule has 0 saturated heterocycles. The first-order chi connectivity index (χ1) is 16.1. The molecule has 3 amide bonds. The van der Waals surface area contributed by atoms with Crippen LogP contribution in [0.1, 0.15) is 37.8 Å². The molecule has 0 aliphatic rings. The minimum absolute atomic E-state index is 0.201. The topological polar surface area (TPSA) is 100 Å². The van der Waals surface area contributed by atoms with Crippen LogP contribution in [0.25, 0.3) is 0 Å². The normalized spacial score (nSPS) is 10.9. The SMILES string of the molecule is CN(C)CCCNC(=O)c1cc(NC(=O)c2cc(NC(=O)c3ccc(Cl)cc3)cn2C)cn1C. The van der Waals surface area contributed by atoms with E-state index in [0.717, 1.165) is 13.0 Å². The minimum atomic E-state index is -0.363. The van der Waals surface area contributed by atoms with Gasteiger partial charge in [-0.25, -0.2) is 0 Å². The predicted molar refractivity (Wildman–Crippen MR) is 134 cm³/mol. The first-order valence-electron chi connectivity index (χ1n) is 10.8. The molecule has 0 unspecified atom stereocenters. The van der Waals surface area contributed by atoms with E-state index in [2.05, 4.69) is 20.9 Å². The zero-order valence-corrected chi connectivity index (χ0v) is 20.4. The number of anilines is 2. The highest BCUT2D eigenvalue weighted by Crippen LogP contribution is 2.18. The first kappa shape index (κ1) is 25.1. The van der Waals surface area contributed by atoms with Gasteiger partial charge in [0.1, 0.15) is 11.4 Å². The third-order valence-electron chi connectivity index (χ3n) is 5.16. The molecule has 2 aromatic heterocycles. The van der Waals surface area contributed by atoms with E-state index in [1.54, 1.807) is 72.0 Å². The molecule has 9 nitrogen and oxygen atoms in total. The quantitative estimate of drug-likeness (QED) is 0.406. The number of aryl methyl sites for hydroxylation is 2. The Morgan fingerprint density at radius 1 is 0.853 bits per heavy atom. The summed E-state index contributed by atoms with van der Waals surface area (Å²) in [5.41, 5.74) is 2.24. The molecular weight excluding hydrogens is 456 g/mol. The van der Waals surface area contributed by atoms with Crippen molar-refractivity contribution in [2.45, 2.75) is 6.42 Å². The Morgan fingerprint density at radius 3 is 1.94 bits per heavy atom. The van der Waals surface area contributed by atoms with Crippen molar-refractivity contribution in [1.29, 1.82) is 0 Å². The summed E-state index contributed by atoms with van der Waals surface area (Å²) < 4.78 is 3.29. The zero-order valence-electron chi connectivity index (χ0n) is 19.7. The highest BCUT2D eigenvalue weighted by Gasteiger charge is 2.17. The Kier molecular flexibility index (Phi) is 8.14. The number of halogens is 1. The van der Waals surface area contributed by atoms with Gasteiger partial charge in [-0.05, 0) is 63.5 Å². The summed E-state index contributed by atoms with van der Waals surface area (Å²) in [5, 5.41) is 9.01. The van der Waals surface area contributed by atoms with Gasteiger partial charge in [-0.2, -0.15) is 0 Å². The van der Waals surface area contributed by atoms with Gasteiger partial charge in [0.05, 0.1) is 11.4 Å². The molecule has 0 radical (unpaired) electrons. The molecule has 0 fully saturated rings. The van der Waals surface area contributed by atoms with Crippen LogP contribution < -0.4 is 16.0 Å². The number of aromatic nitrogens is 2. The average molecular weight is 485 g/mol. The summed E-state index contributed by atoms with van der Waals surface area (Å²) in [5.74, 6) is -0.871. The molecule has 1 aromatic carbocycles. The lowest BCUT2D eigenvalue weighted by Crippen LogP contribution is -2.28. The van der Waals surface area contributed by atoms with Gasteiger partial charge in [-0.15, -0.1) is 0 Å². The third-order valence-corrected chi connectivity index (χ3v) is 5.42. The van der Waals surface area contributed by atoms with Crippen LogP contribution in [-0.4, -0.2) is 58.9 Å². The maximum Gasteiger partial charge on any atom is 0.272 e. The summed E-state index contributed by atoms with van der Waals surface area (Å²) in [6, 6.07) is 9.74. The summed E-state index contributed by atoms with van der Waals surface area (Å²) in [7, 11) is 7.43. The van der Waals surface area contributed by atoms with Crippen LogP contribution in [0.4, 0.5) is 11.4 Å². The molecule has 3 N–H and O–H groups in total. The standard InChI is InChI=1S/C24H29ClN6O3/c1-29(2)11-5-10-26-23(33)20-12-19(15-30(20)3)28-24(34)21-13-18(14-31(21)4)27-22(32)16-6-8-17(25)9-7-16/h6-9,12-15H,5,10-11H2,1-4H3,(H,26,33)(H,27,32)(H,28,34). The fourth-order valence-corrected chi connectivity index (χ4v) is 3.53. The Bertz CT molecular complexity index is 1180. The van der Waals surface area contributed by atoms with Crippen LogP contribution in [0.15, 0.2) is 48.8 Å². The lowest BCUT2D eigenvalue weighted by molar-refractivity contribution is 0.0942. The molecule has 0 bridgehead atoms. The number of nitrogens with one attached hydrogen (secondary N) is 3. The summed E-state index contributed by atoms with van der Waals surface area (Å²) in [4.78, 5) is 39.8. The Labute approximate surface area is 203 Å². The lowest BCUT2D eigenvalue weighted by Gasteiger charge is -2.10. The number of nitrogens with zero attached hydrogens (tertiary/aromatic N) is 3. The Balaban J connectivity index is 1.62. The molecule has 0 atom stereocenters. The second-order valence-corrected chi connectivity index (χ2v) is 8.71. The van der Waals surface area contributed by atoms with Gasteiger partial charge in [-0.1, -0.05) is 11.6 Å². The first-order valence-corrected chi connectivity index (χ1v) is 11.2. The lowest BCUT2D eigenvalue weighted by atomic mass is 10.2. The molecule has 0 saturated carbocycles. The van der Waals surface area contributed by atoms with E-state index in [1.807, 2.05) is 14.1 Å². The highest BCUT2D eigenvalue weighted by atomic mass is 35.5. The number of hydrogen-bond donors (Lipinski definition) is 3. The van der Waals surface area contributed by atoms with Crippen LogP contribution in [0, 0.1) is 0 Å². The van der Waals surface area contributed by atoms with Gasteiger partial charge >= 0.3 is 0 Å². The van der Waals surface area contributed by atoms with Crippen LogP contribution in [0.5, 0.6) is 0 Å². The summed E-state index contributed by atoms with van der Waals surface area (Å²) in [6.07, 6.45) is 4.18. The van der Waals surface area contributed by atoms with E-state index in [1.165, 1.54) is 0 Å². The van der Waals surface area contributed by atoms with E-state index in [-0.39, 0.29) is 17.7 Å². The van der Waals surface area contributed by atoms with E-state index in [4.69, 9.17) is 11.6 Å². The molecule has 0 spiro atoms. The van der Waals surface area contributed by atoms with Crippen molar-refractivity contribution in [2.24, 2.45) is 14.1 Å². The van der Waals surface area contributed by atoms with E-state index < -0.39 is 0 Å². The van der Waals surface area contributed by atoms with Gasteiger partial charge in [0, 0.05) is 43.6 Å². The van der Waals surface area contributed by atoms with Crippen LogP contribution >= 0.6 is 11.6 Å².